The molecule has 0 radical (unpaired) electrons. The Morgan fingerprint density at radius 1 is 0.485 bits per heavy atom. The molecule has 0 aliphatic heterocycles. The second-order valence-corrected chi connectivity index (χ2v) is 10.4. The molecule has 1 aromatic heterocycles. The number of nitrogens with zero attached hydrogens (tertiary/aromatic N) is 1. The van der Waals surface area contributed by atoms with E-state index in [4.69, 9.17) is 4.98 Å². The van der Waals surface area contributed by atoms with Gasteiger partial charge in [0.25, 0.3) is 0 Å². The van der Waals surface area contributed by atoms with Gasteiger partial charge in [-0.2, -0.15) is 0 Å². The number of aromatic nitrogens is 1. The molecule has 0 atom stereocenters. The van der Waals surface area contributed by atoms with Crippen LogP contribution in [0.4, 0.5) is 0 Å². The van der Waals surface area contributed by atoms with E-state index < -0.39 is 0 Å². The SMILES string of the molecule is c1ccc(-c2cccc(-c3cccc(CCP(c4ccccc4)c4ccccc4)c3)n2)cc1. The zero-order chi connectivity index (χ0) is 22.3. The summed E-state index contributed by atoms with van der Waals surface area (Å²) in [5.41, 5.74) is 5.71. The van der Waals surface area contributed by atoms with E-state index in [2.05, 4.69) is 127 Å². The van der Waals surface area contributed by atoms with Crippen molar-refractivity contribution in [3.63, 3.8) is 0 Å². The second kappa shape index (κ2) is 10.4. The van der Waals surface area contributed by atoms with Gasteiger partial charge in [-0.1, -0.05) is 115 Å². The summed E-state index contributed by atoms with van der Waals surface area (Å²) in [6.45, 7) is 0. The summed E-state index contributed by atoms with van der Waals surface area (Å²) in [7, 11) is -0.390. The molecule has 0 fully saturated rings. The molecule has 0 aliphatic carbocycles. The highest BCUT2D eigenvalue weighted by Gasteiger charge is 2.13. The predicted molar refractivity (Wildman–Crippen MR) is 143 cm³/mol. The summed E-state index contributed by atoms with van der Waals surface area (Å²) in [6.07, 6.45) is 2.17. The normalized spacial score (nSPS) is 10.9. The van der Waals surface area contributed by atoms with Crippen LogP contribution in [-0.2, 0) is 6.42 Å². The van der Waals surface area contributed by atoms with Gasteiger partial charge in [0.15, 0.2) is 0 Å². The van der Waals surface area contributed by atoms with Crippen molar-refractivity contribution in [2.75, 3.05) is 6.16 Å². The zero-order valence-corrected chi connectivity index (χ0v) is 19.4. The van der Waals surface area contributed by atoms with Gasteiger partial charge in [-0.15, -0.1) is 0 Å². The molecule has 0 spiro atoms. The van der Waals surface area contributed by atoms with Gasteiger partial charge in [0.1, 0.15) is 0 Å². The fourth-order valence-electron chi connectivity index (χ4n) is 4.12. The smallest absolute Gasteiger partial charge is 0.0709 e. The number of rotatable bonds is 7. The number of hydrogen-bond acceptors (Lipinski definition) is 1. The Bertz CT molecular complexity index is 1260. The lowest BCUT2D eigenvalue weighted by Gasteiger charge is -2.19. The summed E-state index contributed by atoms with van der Waals surface area (Å²) in [5.74, 6) is 0. The zero-order valence-electron chi connectivity index (χ0n) is 18.5. The quantitative estimate of drug-likeness (QED) is 0.245. The van der Waals surface area contributed by atoms with E-state index in [1.54, 1.807) is 0 Å². The molecule has 5 aromatic rings. The summed E-state index contributed by atoms with van der Waals surface area (Å²) < 4.78 is 0. The van der Waals surface area contributed by atoms with Crippen LogP contribution in [0.2, 0.25) is 0 Å². The van der Waals surface area contributed by atoms with Gasteiger partial charge in [-0.3, -0.25) is 0 Å². The van der Waals surface area contributed by atoms with Crippen LogP contribution in [-0.4, -0.2) is 11.1 Å². The molecule has 5 rings (SSSR count). The molecule has 2 heteroatoms. The first-order valence-electron chi connectivity index (χ1n) is 11.4. The lowest BCUT2D eigenvalue weighted by atomic mass is 10.0. The first kappa shape index (κ1) is 21.3. The summed E-state index contributed by atoms with van der Waals surface area (Å²) in [4.78, 5) is 4.95. The molecule has 0 N–H and O–H groups in total. The van der Waals surface area contributed by atoms with Crippen LogP contribution in [0.15, 0.2) is 133 Å². The Morgan fingerprint density at radius 3 is 1.64 bits per heavy atom. The molecule has 0 amide bonds. The van der Waals surface area contributed by atoms with Crippen LogP contribution in [0.3, 0.4) is 0 Å². The van der Waals surface area contributed by atoms with Crippen molar-refractivity contribution in [2.24, 2.45) is 0 Å². The van der Waals surface area contributed by atoms with Crippen molar-refractivity contribution in [3.8, 4) is 22.5 Å². The highest BCUT2D eigenvalue weighted by molar-refractivity contribution is 7.73. The lowest BCUT2D eigenvalue weighted by molar-refractivity contribution is 1.15. The molecule has 1 nitrogen and oxygen atoms in total. The molecule has 4 aromatic carbocycles. The van der Waals surface area contributed by atoms with Crippen LogP contribution in [0.25, 0.3) is 22.5 Å². The molecule has 0 saturated carbocycles. The van der Waals surface area contributed by atoms with Gasteiger partial charge >= 0.3 is 0 Å². The molecule has 0 bridgehead atoms. The largest absolute Gasteiger partial charge is 0.248 e. The topological polar surface area (TPSA) is 12.9 Å². The third-order valence-corrected chi connectivity index (χ3v) is 8.32. The van der Waals surface area contributed by atoms with Crippen molar-refractivity contribution in [1.29, 1.82) is 0 Å². The minimum atomic E-state index is -0.390. The average Bonchev–Trinajstić information content (AvgIpc) is 2.91. The van der Waals surface area contributed by atoms with E-state index in [9.17, 15) is 0 Å². The molecule has 0 saturated heterocycles. The minimum Gasteiger partial charge on any atom is -0.248 e. The van der Waals surface area contributed by atoms with Crippen LogP contribution < -0.4 is 10.6 Å². The minimum absolute atomic E-state index is 0.390. The van der Waals surface area contributed by atoms with E-state index in [0.29, 0.717) is 0 Å². The first-order valence-corrected chi connectivity index (χ1v) is 12.9. The van der Waals surface area contributed by atoms with Crippen molar-refractivity contribution in [2.45, 2.75) is 6.42 Å². The van der Waals surface area contributed by atoms with Crippen LogP contribution in [0.5, 0.6) is 0 Å². The molecule has 33 heavy (non-hydrogen) atoms. The van der Waals surface area contributed by atoms with Gasteiger partial charge in [0, 0.05) is 11.1 Å². The van der Waals surface area contributed by atoms with E-state index in [1.807, 2.05) is 6.07 Å². The van der Waals surface area contributed by atoms with Crippen molar-refractivity contribution >= 4 is 18.5 Å². The summed E-state index contributed by atoms with van der Waals surface area (Å²) in [5, 5.41) is 2.87. The van der Waals surface area contributed by atoms with E-state index >= 15 is 0 Å². The van der Waals surface area contributed by atoms with E-state index in [1.165, 1.54) is 21.7 Å². The number of hydrogen-bond donors (Lipinski definition) is 0. The van der Waals surface area contributed by atoms with Crippen LogP contribution in [0, 0.1) is 0 Å². The van der Waals surface area contributed by atoms with Crippen LogP contribution >= 0.6 is 7.92 Å². The highest BCUT2D eigenvalue weighted by Crippen LogP contribution is 2.34. The fraction of sp³-hybridized carbons (Fsp3) is 0.0645. The van der Waals surface area contributed by atoms with Crippen molar-refractivity contribution in [3.05, 3.63) is 139 Å². The van der Waals surface area contributed by atoms with Crippen molar-refractivity contribution in [1.82, 2.24) is 4.98 Å². The van der Waals surface area contributed by atoms with Gasteiger partial charge < -0.3 is 0 Å². The average molecular weight is 444 g/mol. The Hall–Kier alpha value is -3.54. The lowest BCUT2D eigenvalue weighted by Crippen LogP contribution is -2.14. The van der Waals surface area contributed by atoms with Gasteiger partial charge in [0.2, 0.25) is 0 Å². The maximum absolute atomic E-state index is 4.95. The maximum atomic E-state index is 4.95. The highest BCUT2D eigenvalue weighted by atomic mass is 31.1. The molecule has 160 valence electrons. The predicted octanol–water partition coefficient (Wildman–Crippen LogP) is 7.09. The standard InChI is InChI=1S/C31H26NP/c1-4-13-26(14-5-1)30-20-11-21-31(32-30)27-15-10-12-25(24-27)22-23-33(28-16-6-2-7-17-28)29-18-8-3-9-19-29/h1-21,24H,22-23H2. The van der Waals surface area contributed by atoms with Gasteiger partial charge in [0.05, 0.1) is 11.4 Å². The third kappa shape index (κ3) is 5.28. The first-order chi connectivity index (χ1) is 16.4. The molecule has 1 heterocycles. The fourth-order valence-corrected chi connectivity index (χ4v) is 6.48. The number of benzene rings is 4. The second-order valence-electron chi connectivity index (χ2n) is 8.05. The molecule has 0 unspecified atom stereocenters. The molecular weight excluding hydrogens is 417 g/mol. The summed E-state index contributed by atoms with van der Waals surface area (Å²) >= 11 is 0. The Morgan fingerprint density at radius 2 is 1.00 bits per heavy atom. The maximum Gasteiger partial charge on any atom is 0.0709 e. The molecule has 0 aliphatic rings. The van der Waals surface area contributed by atoms with E-state index in [-0.39, 0.29) is 7.92 Å². The third-order valence-electron chi connectivity index (χ3n) is 5.80. The van der Waals surface area contributed by atoms with Gasteiger partial charge in [-0.05, 0) is 54.9 Å². The Kier molecular flexibility index (Phi) is 6.71. The Labute approximate surface area is 197 Å². The number of pyridine rings is 1. The van der Waals surface area contributed by atoms with Gasteiger partial charge in [-0.25, -0.2) is 4.98 Å². The summed E-state index contributed by atoms with van der Waals surface area (Å²) in [6, 6.07) is 47.4. The van der Waals surface area contributed by atoms with Crippen LogP contribution in [0.1, 0.15) is 5.56 Å². The van der Waals surface area contributed by atoms with E-state index in [0.717, 1.165) is 29.5 Å². The monoisotopic (exact) mass is 443 g/mol. The molecular formula is C31H26NP. The Balaban J connectivity index is 1.38. The van der Waals surface area contributed by atoms with Crippen molar-refractivity contribution < 1.29 is 0 Å². The number of aryl methyl sites for hydroxylation is 1.